The molecule has 2 heterocycles. The molecule has 1 aliphatic heterocycles. The summed E-state index contributed by atoms with van der Waals surface area (Å²) in [5, 5.41) is 11.9. The van der Waals surface area contributed by atoms with Gasteiger partial charge in [-0.15, -0.1) is 0 Å². The number of hydrogen-bond donors (Lipinski definition) is 1. The Morgan fingerprint density at radius 2 is 2.04 bits per heavy atom. The standard InChI is InChI=1S/C17H17N5O/c18-11-13-4-6-14(7-5-13)21-12-16(23)22-10-1-3-15(22)17-19-8-2-9-20-17/h2,4-9,15,21H,1,3,10,12H2. The molecule has 1 atom stereocenters. The van der Waals surface area contributed by atoms with Crippen molar-refractivity contribution in [2.45, 2.75) is 18.9 Å². The maximum Gasteiger partial charge on any atom is 0.242 e. The summed E-state index contributed by atoms with van der Waals surface area (Å²) in [6.07, 6.45) is 5.27. The van der Waals surface area contributed by atoms with E-state index in [-0.39, 0.29) is 18.5 Å². The highest BCUT2D eigenvalue weighted by Crippen LogP contribution is 2.29. The van der Waals surface area contributed by atoms with Gasteiger partial charge in [0.15, 0.2) is 5.82 Å². The van der Waals surface area contributed by atoms with Gasteiger partial charge < -0.3 is 10.2 Å². The van der Waals surface area contributed by atoms with Crippen LogP contribution in [0, 0.1) is 11.3 Å². The smallest absolute Gasteiger partial charge is 0.242 e. The van der Waals surface area contributed by atoms with Gasteiger partial charge in [-0.2, -0.15) is 5.26 Å². The van der Waals surface area contributed by atoms with E-state index in [0.29, 0.717) is 11.4 Å². The van der Waals surface area contributed by atoms with Crippen LogP contribution in [-0.4, -0.2) is 33.9 Å². The average molecular weight is 307 g/mol. The molecule has 3 rings (SSSR count). The lowest BCUT2D eigenvalue weighted by molar-refractivity contribution is -0.130. The number of aromatic nitrogens is 2. The number of likely N-dealkylation sites (tertiary alicyclic amines) is 1. The SMILES string of the molecule is N#Cc1ccc(NCC(=O)N2CCCC2c2ncccn2)cc1. The van der Waals surface area contributed by atoms with Crippen molar-refractivity contribution in [3.05, 3.63) is 54.1 Å². The van der Waals surface area contributed by atoms with E-state index in [9.17, 15) is 4.79 Å². The van der Waals surface area contributed by atoms with Gasteiger partial charge in [-0.05, 0) is 43.2 Å². The lowest BCUT2D eigenvalue weighted by atomic mass is 10.2. The van der Waals surface area contributed by atoms with Crippen molar-refractivity contribution in [3.8, 4) is 6.07 Å². The molecule has 1 fully saturated rings. The fourth-order valence-electron chi connectivity index (χ4n) is 2.76. The van der Waals surface area contributed by atoms with E-state index in [2.05, 4.69) is 21.4 Å². The van der Waals surface area contributed by atoms with Crippen LogP contribution in [0.2, 0.25) is 0 Å². The average Bonchev–Trinajstić information content (AvgIpc) is 3.11. The number of nitrogens with one attached hydrogen (secondary N) is 1. The lowest BCUT2D eigenvalue weighted by Gasteiger charge is -2.23. The van der Waals surface area contributed by atoms with Crippen LogP contribution in [0.5, 0.6) is 0 Å². The molecule has 1 aromatic heterocycles. The Hall–Kier alpha value is -2.94. The monoisotopic (exact) mass is 307 g/mol. The molecular formula is C17H17N5O. The zero-order valence-electron chi connectivity index (χ0n) is 12.6. The quantitative estimate of drug-likeness (QED) is 0.935. The summed E-state index contributed by atoms with van der Waals surface area (Å²) < 4.78 is 0. The molecule has 116 valence electrons. The Morgan fingerprint density at radius 3 is 2.74 bits per heavy atom. The normalized spacial score (nSPS) is 16.8. The van der Waals surface area contributed by atoms with Gasteiger partial charge in [0.2, 0.25) is 5.91 Å². The second kappa shape index (κ2) is 6.88. The first-order chi connectivity index (χ1) is 11.3. The fourth-order valence-corrected chi connectivity index (χ4v) is 2.76. The van der Waals surface area contributed by atoms with Crippen LogP contribution < -0.4 is 5.32 Å². The number of benzene rings is 1. The number of hydrogen-bond acceptors (Lipinski definition) is 5. The molecule has 0 bridgehead atoms. The predicted molar refractivity (Wildman–Crippen MR) is 85.4 cm³/mol. The molecule has 1 amide bonds. The number of amides is 1. The van der Waals surface area contributed by atoms with Crippen molar-refractivity contribution >= 4 is 11.6 Å². The molecule has 1 aromatic carbocycles. The molecule has 23 heavy (non-hydrogen) atoms. The largest absolute Gasteiger partial charge is 0.376 e. The van der Waals surface area contributed by atoms with Gasteiger partial charge in [0.05, 0.1) is 24.2 Å². The first-order valence-electron chi connectivity index (χ1n) is 7.58. The van der Waals surface area contributed by atoms with Crippen LogP contribution in [0.4, 0.5) is 5.69 Å². The van der Waals surface area contributed by atoms with Crippen molar-refractivity contribution in [3.63, 3.8) is 0 Å². The van der Waals surface area contributed by atoms with Crippen LogP contribution in [-0.2, 0) is 4.79 Å². The minimum atomic E-state index is -0.0357. The summed E-state index contributed by atoms with van der Waals surface area (Å²) in [5.41, 5.74) is 1.42. The van der Waals surface area contributed by atoms with Crippen molar-refractivity contribution in [1.82, 2.24) is 14.9 Å². The Balaban J connectivity index is 1.62. The number of rotatable bonds is 4. The van der Waals surface area contributed by atoms with E-state index < -0.39 is 0 Å². The molecular weight excluding hydrogens is 290 g/mol. The second-order valence-electron chi connectivity index (χ2n) is 5.39. The molecule has 1 unspecified atom stereocenters. The van der Waals surface area contributed by atoms with Crippen LogP contribution in [0.25, 0.3) is 0 Å². The molecule has 2 aromatic rings. The minimum Gasteiger partial charge on any atom is -0.376 e. The zero-order valence-corrected chi connectivity index (χ0v) is 12.6. The van der Waals surface area contributed by atoms with Gasteiger partial charge >= 0.3 is 0 Å². The lowest BCUT2D eigenvalue weighted by Crippen LogP contribution is -2.35. The van der Waals surface area contributed by atoms with Crippen LogP contribution in [0.3, 0.4) is 0 Å². The summed E-state index contributed by atoms with van der Waals surface area (Å²) in [7, 11) is 0. The third-order valence-electron chi connectivity index (χ3n) is 3.91. The van der Waals surface area contributed by atoms with Crippen molar-refractivity contribution in [1.29, 1.82) is 5.26 Å². The van der Waals surface area contributed by atoms with Crippen LogP contribution in [0.1, 0.15) is 30.3 Å². The number of nitriles is 1. The molecule has 1 aliphatic rings. The van der Waals surface area contributed by atoms with Crippen LogP contribution >= 0.6 is 0 Å². The van der Waals surface area contributed by atoms with Crippen molar-refractivity contribution in [2.24, 2.45) is 0 Å². The molecule has 1 saturated heterocycles. The first-order valence-corrected chi connectivity index (χ1v) is 7.58. The second-order valence-corrected chi connectivity index (χ2v) is 5.39. The number of carbonyl (C=O) groups excluding carboxylic acids is 1. The first kappa shape index (κ1) is 15.0. The summed E-state index contributed by atoms with van der Waals surface area (Å²) in [4.78, 5) is 22.9. The zero-order chi connectivity index (χ0) is 16.1. The Kier molecular flexibility index (Phi) is 4.48. The van der Waals surface area contributed by atoms with Gasteiger partial charge in [0, 0.05) is 24.6 Å². The van der Waals surface area contributed by atoms with E-state index in [1.165, 1.54) is 0 Å². The number of anilines is 1. The highest BCUT2D eigenvalue weighted by Gasteiger charge is 2.31. The maximum atomic E-state index is 12.5. The number of carbonyl (C=O) groups is 1. The molecule has 0 saturated carbocycles. The molecule has 1 N–H and O–H groups in total. The van der Waals surface area contributed by atoms with E-state index >= 15 is 0 Å². The summed E-state index contributed by atoms with van der Waals surface area (Å²) in [6, 6.07) is 10.9. The highest BCUT2D eigenvalue weighted by molar-refractivity contribution is 5.81. The number of nitrogens with zero attached hydrogens (tertiary/aromatic N) is 4. The maximum absolute atomic E-state index is 12.5. The van der Waals surface area contributed by atoms with Crippen molar-refractivity contribution < 1.29 is 4.79 Å². The van der Waals surface area contributed by atoms with E-state index in [1.807, 2.05) is 4.90 Å². The minimum absolute atomic E-state index is 0.0318. The Bertz CT molecular complexity index is 708. The molecule has 0 spiro atoms. The summed E-state index contributed by atoms with van der Waals surface area (Å²) in [6.45, 7) is 0.950. The van der Waals surface area contributed by atoms with E-state index in [1.54, 1.807) is 42.7 Å². The highest BCUT2D eigenvalue weighted by atomic mass is 16.2. The summed E-state index contributed by atoms with van der Waals surface area (Å²) in [5.74, 6) is 0.737. The molecule has 0 aliphatic carbocycles. The molecule has 6 nitrogen and oxygen atoms in total. The Morgan fingerprint density at radius 1 is 1.30 bits per heavy atom. The molecule has 0 radical (unpaired) electrons. The third-order valence-corrected chi connectivity index (χ3v) is 3.91. The van der Waals surface area contributed by atoms with Gasteiger partial charge in [0.25, 0.3) is 0 Å². The van der Waals surface area contributed by atoms with Gasteiger partial charge in [-0.25, -0.2) is 9.97 Å². The van der Waals surface area contributed by atoms with Gasteiger partial charge in [0.1, 0.15) is 0 Å². The third kappa shape index (κ3) is 3.46. The van der Waals surface area contributed by atoms with E-state index in [0.717, 1.165) is 25.1 Å². The fraction of sp³-hybridized carbons (Fsp3) is 0.294. The van der Waals surface area contributed by atoms with Crippen molar-refractivity contribution in [2.75, 3.05) is 18.4 Å². The predicted octanol–water partition coefficient (Wildman–Crippen LogP) is 2.12. The van der Waals surface area contributed by atoms with Gasteiger partial charge in [-0.1, -0.05) is 0 Å². The molecule has 6 heteroatoms. The summed E-state index contributed by atoms with van der Waals surface area (Å²) >= 11 is 0. The van der Waals surface area contributed by atoms with Crippen LogP contribution in [0.15, 0.2) is 42.7 Å². The Labute approximate surface area is 134 Å². The topological polar surface area (TPSA) is 81.9 Å². The van der Waals surface area contributed by atoms with Gasteiger partial charge in [-0.3, -0.25) is 4.79 Å². The van der Waals surface area contributed by atoms with E-state index in [4.69, 9.17) is 5.26 Å².